The summed E-state index contributed by atoms with van der Waals surface area (Å²) in [5.74, 6) is -0.376. The summed E-state index contributed by atoms with van der Waals surface area (Å²) in [7, 11) is 0. The van der Waals surface area contributed by atoms with Crippen LogP contribution in [0.25, 0.3) is 0 Å². The number of hydrogen-bond donors (Lipinski definition) is 1. The standard InChI is InChI=1S/C17H19NO2S/c1-4-20-17(19)14-10-13(7-8-15(14)18)21-16-9-11(2)5-6-12(16)3/h5-10H,4,18H2,1-3H3. The van der Waals surface area contributed by atoms with Gasteiger partial charge in [-0.2, -0.15) is 0 Å². The van der Waals surface area contributed by atoms with Crippen molar-refractivity contribution in [1.29, 1.82) is 0 Å². The molecule has 2 N–H and O–H groups in total. The molecule has 0 heterocycles. The SMILES string of the molecule is CCOC(=O)c1cc(Sc2cc(C)ccc2C)ccc1N. The molecule has 21 heavy (non-hydrogen) atoms. The van der Waals surface area contributed by atoms with Crippen LogP contribution in [0.1, 0.15) is 28.4 Å². The molecule has 0 aliphatic carbocycles. The van der Waals surface area contributed by atoms with Gasteiger partial charge in [0.15, 0.2) is 0 Å². The van der Waals surface area contributed by atoms with Crippen LogP contribution in [-0.4, -0.2) is 12.6 Å². The Hall–Kier alpha value is -1.94. The number of rotatable bonds is 4. The molecule has 0 aromatic heterocycles. The third-order valence-electron chi connectivity index (χ3n) is 3.09. The number of carbonyl (C=O) groups excluding carboxylic acids is 1. The predicted molar refractivity (Wildman–Crippen MR) is 86.8 cm³/mol. The fraction of sp³-hybridized carbons (Fsp3) is 0.235. The monoisotopic (exact) mass is 301 g/mol. The van der Waals surface area contributed by atoms with Crippen molar-refractivity contribution in [1.82, 2.24) is 0 Å². The quantitative estimate of drug-likeness (QED) is 0.679. The van der Waals surface area contributed by atoms with Crippen LogP contribution in [0.5, 0.6) is 0 Å². The molecule has 0 fully saturated rings. The number of nitrogen functional groups attached to an aromatic ring is 1. The first kappa shape index (κ1) is 15.4. The smallest absolute Gasteiger partial charge is 0.340 e. The number of esters is 1. The maximum Gasteiger partial charge on any atom is 0.340 e. The van der Waals surface area contributed by atoms with Crippen LogP contribution in [0.2, 0.25) is 0 Å². The summed E-state index contributed by atoms with van der Waals surface area (Å²) in [5, 5.41) is 0. The van der Waals surface area contributed by atoms with Crippen LogP contribution in [0, 0.1) is 13.8 Å². The maximum absolute atomic E-state index is 11.9. The third-order valence-corrected chi connectivity index (χ3v) is 4.24. The molecule has 0 saturated heterocycles. The third kappa shape index (κ3) is 3.79. The second kappa shape index (κ2) is 6.68. The van der Waals surface area contributed by atoms with E-state index in [0.717, 1.165) is 4.90 Å². The van der Waals surface area contributed by atoms with E-state index in [2.05, 4.69) is 32.0 Å². The minimum atomic E-state index is -0.376. The molecular formula is C17H19NO2S. The number of aryl methyl sites for hydroxylation is 2. The molecule has 3 nitrogen and oxygen atoms in total. The molecule has 0 aliphatic heterocycles. The van der Waals surface area contributed by atoms with Gasteiger partial charge in [0.2, 0.25) is 0 Å². The summed E-state index contributed by atoms with van der Waals surface area (Å²) >= 11 is 1.62. The van der Waals surface area contributed by atoms with Crippen molar-refractivity contribution < 1.29 is 9.53 Å². The lowest BCUT2D eigenvalue weighted by Crippen LogP contribution is -2.07. The van der Waals surface area contributed by atoms with Crippen molar-refractivity contribution in [2.24, 2.45) is 0 Å². The van der Waals surface area contributed by atoms with Gasteiger partial charge < -0.3 is 10.5 Å². The summed E-state index contributed by atoms with van der Waals surface area (Å²) in [4.78, 5) is 14.0. The zero-order valence-electron chi connectivity index (χ0n) is 12.5. The van der Waals surface area contributed by atoms with Crippen molar-refractivity contribution in [3.63, 3.8) is 0 Å². The van der Waals surface area contributed by atoms with Crippen LogP contribution in [-0.2, 0) is 4.74 Å². The second-order valence-electron chi connectivity index (χ2n) is 4.84. The fourth-order valence-electron chi connectivity index (χ4n) is 1.93. The highest BCUT2D eigenvalue weighted by Crippen LogP contribution is 2.32. The lowest BCUT2D eigenvalue weighted by Gasteiger charge is -2.10. The Morgan fingerprint density at radius 1 is 1.19 bits per heavy atom. The zero-order chi connectivity index (χ0) is 15.4. The topological polar surface area (TPSA) is 52.3 Å². The Labute approximate surface area is 129 Å². The van der Waals surface area contributed by atoms with Crippen LogP contribution < -0.4 is 5.73 Å². The first-order valence-electron chi connectivity index (χ1n) is 6.83. The van der Waals surface area contributed by atoms with Crippen molar-refractivity contribution in [2.75, 3.05) is 12.3 Å². The van der Waals surface area contributed by atoms with E-state index >= 15 is 0 Å². The van der Waals surface area contributed by atoms with Gasteiger partial charge in [-0.15, -0.1) is 0 Å². The molecule has 0 unspecified atom stereocenters. The van der Waals surface area contributed by atoms with Gasteiger partial charge in [0.25, 0.3) is 0 Å². The van der Waals surface area contributed by atoms with Gasteiger partial charge in [-0.25, -0.2) is 4.79 Å². The lowest BCUT2D eigenvalue weighted by atomic mass is 10.2. The molecule has 0 saturated carbocycles. The van der Waals surface area contributed by atoms with Gasteiger partial charge in [0, 0.05) is 15.5 Å². The molecule has 0 atom stereocenters. The van der Waals surface area contributed by atoms with E-state index in [-0.39, 0.29) is 5.97 Å². The largest absolute Gasteiger partial charge is 0.462 e. The molecule has 0 bridgehead atoms. The molecule has 4 heteroatoms. The van der Waals surface area contributed by atoms with Gasteiger partial charge in [-0.05, 0) is 56.2 Å². The van der Waals surface area contributed by atoms with E-state index in [1.165, 1.54) is 16.0 Å². The molecule has 2 aromatic rings. The predicted octanol–water partition coefficient (Wildman–Crippen LogP) is 4.21. The minimum Gasteiger partial charge on any atom is -0.462 e. The molecule has 0 spiro atoms. The molecule has 0 aliphatic rings. The van der Waals surface area contributed by atoms with Gasteiger partial charge in [0.05, 0.1) is 12.2 Å². The number of benzene rings is 2. The molecule has 0 amide bonds. The molecule has 0 radical (unpaired) electrons. The summed E-state index contributed by atoms with van der Waals surface area (Å²) in [6.07, 6.45) is 0. The van der Waals surface area contributed by atoms with Gasteiger partial charge in [0.1, 0.15) is 0 Å². The van der Waals surface area contributed by atoms with E-state index in [1.807, 2.05) is 6.07 Å². The summed E-state index contributed by atoms with van der Waals surface area (Å²) in [6, 6.07) is 11.8. The second-order valence-corrected chi connectivity index (χ2v) is 5.96. The van der Waals surface area contributed by atoms with Crippen molar-refractivity contribution in [3.05, 3.63) is 53.1 Å². The molecule has 110 valence electrons. The van der Waals surface area contributed by atoms with Crippen molar-refractivity contribution >= 4 is 23.4 Å². The van der Waals surface area contributed by atoms with E-state index in [9.17, 15) is 4.79 Å². The Kier molecular flexibility index (Phi) is 4.91. The summed E-state index contributed by atoms with van der Waals surface area (Å²) < 4.78 is 5.03. The van der Waals surface area contributed by atoms with Gasteiger partial charge >= 0.3 is 5.97 Å². The highest BCUT2D eigenvalue weighted by molar-refractivity contribution is 7.99. The minimum absolute atomic E-state index is 0.340. The average Bonchev–Trinajstić information content (AvgIpc) is 2.45. The van der Waals surface area contributed by atoms with E-state index in [0.29, 0.717) is 17.9 Å². The van der Waals surface area contributed by atoms with E-state index in [1.54, 1.807) is 30.8 Å². The average molecular weight is 301 g/mol. The highest BCUT2D eigenvalue weighted by Gasteiger charge is 2.12. The molecule has 2 rings (SSSR count). The number of nitrogens with two attached hydrogens (primary N) is 1. The van der Waals surface area contributed by atoms with Crippen LogP contribution in [0.4, 0.5) is 5.69 Å². The van der Waals surface area contributed by atoms with Crippen molar-refractivity contribution in [2.45, 2.75) is 30.6 Å². The van der Waals surface area contributed by atoms with Crippen LogP contribution >= 0.6 is 11.8 Å². The Balaban J connectivity index is 2.31. The Morgan fingerprint density at radius 3 is 2.67 bits per heavy atom. The normalized spacial score (nSPS) is 10.4. The van der Waals surface area contributed by atoms with Crippen molar-refractivity contribution in [3.8, 4) is 0 Å². The summed E-state index contributed by atoms with van der Waals surface area (Å²) in [6.45, 7) is 6.26. The fourth-order valence-corrected chi connectivity index (χ4v) is 2.97. The zero-order valence-corrected chi connectivity index (χ0v) is 13.3. The lowest BCUT2D eigenvalue weighted by molar-refractivity contribution is 0.0527. The van der Waals surface area contributed by atoms with E-state index in [4.69, 9.17) is 10.5 Å². The molecular weight excluding hydrogens is 282 g/mol. The van der Waals surface area contributed by atoms with Gasteiger partial charge in [-0.3, -0.25) is 0 Å². The number of ether oxygens (including phenoxy) is 1. The number of carbonyl (C=O) groups is 1. The summed E-state index contributed by atoms with van der Waals surface area (Å²) in [5.41, 5.74) is 9.15. The number of anilines is 1. The Bertz CT molecular complexity index is 668. The maximum atomic E-state index is 11.9. The van der Waals surface area contributed by atoms with E-state index < -0.39 is 0 Å². The number of hydrogen-bond acceptors (Lipinski definition) is 4. The first-order chi connectivity index (χ1) is 10.0. The highest BCUT2D eigenvalue weighted by atomic mass is 32.2. The Morgan fingerprint density at radius 2 is 1.95 bits per heavy atom. The van der Waals surface area contributed by atoms with Crippen LogP contribution in [0.3, 0.4) is 0 Å². The van der Waals surface area contributed by atoms with Gasteiger partial charge in [-0.1, -0.05) is 23.9 Å². The van der Waals surface area contributed by atoms with Crippen LogP contribution in [0.15, 0.2) is 46.2 Å². The first-order valence-corrected chi connectivity index (χ1v) is 7.64. The molecule has 2 aromatic carbocycles.